The molecule has 0 saturated heterocycles. The van der Waals surface area contributed by atoms with Crippen LogP contribution >= 0.6 is 15.9 Å². The lowest BCUT2D eigenvalue weighted by atomic mass is 10.1. The highest BCUT2D eigenvalue weighted by Gasteiger charge is 2.14. The summed E-state index contributed by atoms with van der Waals surface area (Å²) in [7, 11) is 1.53. The zero-order valence-corrected chi connectivity index (χ0v) is 13.2. The Balaban J connectivity index is 2.13. The third-order valence-electron chi connectivity index (χ3n) is 3.04. The molecule has 1 unspecified atom stereocenters. The second-order valence-corrected chi connectivity index (χ2v) is 5.36. The Morgan fingerprint density at radius 3 is 2.52 bits per heavy atom. The molecule has 0 aliphatic heterocycles. The molecule has 4 nitrogen and oxygen atoms in total. The van der Waals surface area contributed by atoms with E-state index in [1.165, 1.54) is 7.11 Å². The van der Waals surface area contributed by atoms with Crippen molar-refractivity contribution >= 4 is 15.9 Å². The second-order valence-electron chi connectivity index (χ2n) is 4.50. The van der Waals surface area contributed by atoms with E-state index >= 15 is 0 Å². The molecule has 2 N–H and O–H groups in total. The summed E-state index contributed by atoms with van der Waals surface area (Å²) >= 11 is 3.39. The van der Waals surface area contributed by atoms with E-state index in [2.05, 4.69) is 15.9 Å². The molecule has 0 bridgehead atoms. The van der Waals surface area contributed by atoms with E-state index in [1.54, 1.807) is 12.1 Å². The summed E-state index contributed by atoms with van der Waals surface area (Å²) in [4.78, 5) is 0. The van der Waals surface area contributed by atoms with E-state index in [0.29, 0.717) is 16.0 Å². The average molecular weight is 353 g/mol. The number of hydrogen-bond acceptors (Lipinski definition) is 4. The maximum Gasteiger partial charge on any atom is 0.175 e. The van der Waals surface area contributed by atoms with Crippen molar-refractivity contribution in [3.8, 4) is 11.5 Å². The van der Waals surface area contributed by atoms with Gasteiger partial charge in [-0.1, -0.05) is 30.3 Å². The molecule has 112 valence electrons. The smallest absolute Gasteiger partial charge is 0.175 e. The summed E-state index contributed by atoms with van der Waals surface area (Å²) in [6, 6.07) is 12.8. The van der Waals surface area contributed by atoms with Crippen LogP contribution in [0.15, 0.2) is 46.9 Å². The van der Waals surface area contributed by atoms with Gasteiger partial charge < -0.3 is 19.7 Å². The fourth-order valence-corrected chi connectivity index (χ4v) is 2.54. The van der Waals surface area contributed by atoms with E-state index in [0.717, 1.165) is 11.1 Å². The minimum atomic E-state index is -0.722. The molecular formula is C16H17BrO4. The first-order valence-corrected chi connectivity index (χ1v) is 7.28. The van der Waals surface area contributed by atoms with E-state index in [9.17, 15) is 10.2 Å². The predicted octanol–water partition coefficient (Wildman–Crippen LogP) is 3.06. The molecule has 2 aromatic rings. The fourth-order valence-electron chi connectivity index (χ4n) is 1.94. The van der Waals surface area contributed by atoms with Gasteiger partial charge in [0.1, 0.15) is 12.7 Å². The Labute approximate surface area is 132 Å². The van der Waals surface area contributed by atoms with Gasteiger partial charge in [-0.15, -0.1) is 0 Å². The van der Waals surface area contributed by atoms with Gasteiger partial charge in [-0.2, -0.15) is 0 Å². The Hall–Kier alpha value is -1.56. The van der Waals surface area contributed by atoms with Gasteiger partial charge in [-0.05, 0) is 39.2 Å². The molecule has 2 rings (SSSR count). The van der Waals surface area contributed by atoms with E-state index in [1.807, 2.05) is 30.3 Å². The van der Waals surface area contributed by atoms with Crippen molar-refractivity contribution in [3.63, 3.8) is 0 Å². The molecule has 0 radical (unpaired) electrons. The Bertz CT molecular complexity index is 586. The molecule has 0 aliphatic rings. The number of aliphatic hydroxyl groups is 2. The summed E-state index contributed by atoms with van der Waals surface area (Å²) in [6.45, 7) is 0.0271. The first kappa shape index (κ1) is 15.8. The molecule has 2 aromatic carbocycles. The van der Waals surface area contributed by atoms with Gasteiger partial charge >= 0.3 is 0 Å². The van der Waals surface area contributed by atoms with Crippen LogP contribution in [0.3, 0.4) is 0 Å². The van der Waals surface area contributed by atoms with E-state index in [-0.39, 0.29) is 13.2 Å². The van der Waals surface area contributed by atoms with Crippen molar-refractivity contribution in [2.45, 2.75) is 12.7 Å². The minimum Gasteiger partial charge on any atom is -0.493 e. The largest absolute Gasteiger partial charge is 0.493 e. The maximum atomic E-state index is 10.1. The quantitative estimate of drug-likeness (QED) is 0.838. The highest BCUT2D eigenvalue weighted by Crippen LogP contribution is 2.37. The minimum absolute atomic E-state index is 0.0815. The van der Waals surface area contributed by atoms with Crippen molar-refractivity contribution in [2.24, 2.45) is 0 Å². The third-order valence-corrected chi connectivity index (χ3v) is 3.63. The standard InChI is InChI=1S/C16H17BrO4/c1-20-15-8-11(9-18)7-13(17)16(15)21-10-14(19)12-5-3-2-4-6-12/h2-8,14,18-19H,9-10H2,1H3. The predicted molar refractivity (Wildman–Crippen MR) is 83.5 cm³/mol. The highest BCUT2D eigenvalue weighted by atomic mass is 79.9. The molecule has 0 spiro atoms. The number of ether oxygens (including phenoxy) is 2. The molecule has 0 aliphatic carbocycles. The molecule has 21 heavy (non-hydrogen) atoms. The average Bonchev–Trinajstić information content (AvgIpc) is 2.53. The molecule has 0 fully saturated rings. The van der Waals surface area contributed by atoms with Crippen LogP contribution in [0.4, 0.5) is 0 Å². The number of aliphatic hydroxyl groups excluding tert-OH is 2. The summed E-state index contributed by atoms with van der Waals surface area (Å²) in [5.41, 5.74) is 1.51. The fraction of sp³-hybridized carbons (Fsp3) is 0.250. The van der Waals surface area contributed by atoms with Gasteiger partial charge in [0.2, 0.25) is 0 Å². The summed E-state index contributed by atoms with van der Waals surface area (Å²) < 4.78 is 11.6. The monoisotopic (exact) mass is 352 g/mol. The first-order valence-electron chi connectivity index (χ1n) is 6.48. The Morgan fingerprint density at radius 1 is 1.19 bits per heavy atom. The van der Waals surface area contributed by atoms with Crippen LogP contribution in [0.2, 0.25) is 0 Å². The van der Waals surface area contributed by atoms with Gasteiger partial charge in [0.15, 0.2) is 11.5 Å². The number of rotatable bonds is 6. The van der Waals surface area contributed by atoms with Crippen molar-refractivity contribution < 1.29 is 19.7 Å². The summed E-state index contributed by atoms with van der Waals surface area (Å²) in [5.74, 6) is 1.01. The SMILES string of the molecule is COc1cc(CO)cc(Br)c1OCC(O)c1ccccc1. The van der Waals surface area contributed by atoms with Crippen LogP contribution in [-0.4, -0.2) is 23.9 Å². The molecule has 0 heterocycles. The maximum absolute atomic E-state index is 10.1. The first-order chi connectivity index (χ1) is 10.2. The van der Waals surface area contributed by atoms with Crippen molar-refractivity contribution in [3.05, 3.63) is 58.1 Å². The van der Waals surface area contributed by atoms with Gasteiger partial charge in [0.25, 0.3) is 0 Å². The lowest BCUT2D eigenvalue weighted by Gasteiger charge is -2.16. The van der Waals surface area contributed by atoms with Crippen LogP contribution in [-0.2, 0) is 6.61 Å². The second kappa shape index (κ2) is 7.45. The molecular weight excluding hydrogens is 336 g/mol. The summed E-state index contributed by atoms with van der Waals surface area (Å²) in [5, 5.41) is 19.3. The van der Waals surface area contributed by atoms with E-state index in [4.69, 9.17) is 9.47 Å². The van der Waals surface area contributed by atoms with Crippen LogP contribution in [0.5, 0.6) is 11.5 Å². The molecule has 0 aromatic heterocycles. The van der Waals surface area contributed by atoms with Crippen LogP contribution in [0.25, 0.3) is 0 Å². The molecule has 1 atom stereocenters. The lowest BCUT2D eigenvalue weighted by molar-refractivity contribution is 0.106. The third kappa shape index (κ3) is 3.97. The Kier molecular flexibility index (Phi) is 5.61. The van der Waals surface area contributed by atoms with Crippen LogP contribution < -0.4 is 9.47 Å². The van der Waals surface area contributed by atoms with Gasteiger partial charge in [0, 0.05) is 0 Å². The van der Waals surface area contributed by atoms with Gasteiger partial charge in [-0.3, -0.25) is 0 Å². The Morgan fingerprint density at radius 2 is 1.90 bits per heavy atom. The molecule has 0 amide bonds. The van der Waals surface area contributed by atoms with Crippen LogP contribution in [0, 0.1) is 0 Å². The number of benzene rings is 2. The summed E-state index contributed by atoms with van der Waals surface area (Å²) in [6.07, 6.45) is -0.722. The molecule has 5 heteroatoms. The van der Waals surface area contributed by atoms with E-state index < -0.39 is 6.10 Å². The van der Waals surface area contributed by atoms with Crippen molar-refractivity contribution in [1.29, 1.82) is 0 Å². The van der Waals surface area contributed by atoms with Gasteiger partial charge in [-0.25, -0.2) is 0 Å². The topological polar surface area (TPSA) is 58.9 Å². The number of hydrogen-bond donors (Lipinski definition) is 2. The molecule has 0 saturated carbocycles. The van der Waals surface area contributed by atoms with Gasteiger partial charge in [0.05, 0.1) is 18.2 Å². The van der Waals surface area contributed by atoms with Crippen molar-refractivity contribution in [1.82, 2.24) is 0 Å². The van der Waals surface area contributed by atoms with Crippen molar-refractivity contribution in [2.75, 3.05) is 13.7 Å². The number of halogens is 1. The van der Waals surface area contributed by atoms with Crippen LogP contribution in [0.1, 0.15) is 17.2 Å². The zero-order valence-electron chi connectivity index (χ0n) is 11.6. The number of methoxy groups -OCH3 is 1. The lowest BCUT2D eigenvalue weighted by Crippen LogP contribution is -2.10. The highest BCUT2D eigenvalue weighted by molar-refractivity contribution is 9.10. The zero-order chi connectivity index (χ0) is 15.2. The normalized spacial score (nSPS) is 12.0.